The zero-order valence-electron chi connectivity index (χ0n) is 9.05. The summed E-state index contributed by atoms with van der Waals surface area (Å²) >= 11 is 0. The summed E-state index contributed by atoms with van der Waals surface area (Å²) in [6.45, 7) is 0.0815. The largest absolute Gasteiger partial charge is 0.358 e. The molecule has 3 nitrogen and oxygen atoms in total. The first kappa shape index (κ1) is 9.60. The number of nitrogens with two attached hydrogens (primary N) is 1. The highest BCUT2D eigenvalue weighted by Gasteiger charge is 2.17. The first-order valence-electron chi connectivity index (χ1n) is 5.66. The number of aromatic nitrogens is 1. The monoisotopic (exact) mass is 214 g/mol. The molecule has 0 bridgehead atoms. The molecule has 3 rings (SSSR count). The van der Waals surface area contributed by atoms with Gasteiger partial charge in [-0.3, -0.25) is 4.79 Å². The zero-order valence-corrected chi connectivity index (χ0v) is 9.05. The minimum absolute atomic E-state index is 0.00912. The number of rotatable bonds is 2. The van der Waals surface area contributed by atoms with E-state index in [1.807, 2.05) is 18.2 Å². The van der Waals surface area contributed by atoms with E-state index in [2.05, 4.69) is 4.98 Å². The number of fused-ring (bicyclic) bond motifs is 3. The minimum Gasteiger partial charge on any atom is -0.358 e. The second kappa shape index (κ2) is 3.46. The van der Waals surface area contributed by atoms with E-state index >= 15 is 0 Å². The van der Waals surface area contributed by atoms with E-state index in [9.17, 15) is 4.79 Å². The lowest BCUT2D eigenvalue weighted by Gasteiger charge is -1.99. The molecule has 0 aliphatic heterocycles. The highest BCUT2D eigenvalue weighted by atomic mass is 16.1. The van der Waals surface area contributed by atoms with Gasteiger partial charge in [-0.1, -0.05) is 0 Å². The summed E-state index contributed by atoms with van der Waals surface area (Å²) in [4.78, 5) is 15.0. The van der Waals surface area contributed by atoms with Crippen molar-refractivity contribution in [2.45, 2.75) is 19.3 Å². The van der Waals surface area contributed by atoms with Gasteiger partial charge in [-0.15, -0.1) is 0 Å². The summed E-state index contributed by atoms with van der Waals surface area (Å²) in [5, 5.41) is 1.20. The molecule has 0 radical (unpaired) electrons. The molecule has 16 heavy (non-hydrogen) atoms. The molecule has 82 valence electrons. The van der Waals surface area contributed by atoms with E-state index in [-0.39, 0.29) is 12.3 Å². The maximum Gasteiger partial charge on any atom is 0.176 e. The molecule has 0 spiro atoms. The number of carbonyl (C=O) groups is 1. The minimum atomic E-state index is 0.00912. The van der Waals surface area contributed by atoms with Crippen LogP contribution in [0.3, 0.4) is 0 Å². The SMILES string of the molecule is NCC(=O)c1ccc2[nH]c3c(c2c1)CCC3. The highest BCUT2D eigenvalue weighted by molar-refractivity contribution is 6.01. The van der Waals surface area contributed by atoms with Crippen LogP contribution in [0, 0.1) is 0 Å². The number of benzene rings is 1. The Morgan fingerprint density at radius 1 is 1.38 bits per heavy atom. The standard InChI is InChI=1S/C13H14N2O/c14-7-13(16)8-4-5-12-10(6-8)9-2-1-3-11(9)15-12/h4-6,15H,1-3,7,14H2. The number of H-pyrrole nitrogens is 1. The Morgan fingerprint density at radius 2 is 2.25 bits per heavy atom. The van der Waals surface area contributed by atoms with Gasteiger partial charge in [0, 0.05) is 22.2 Å². The molecule has 2 aromatic rings. The first-order valence-corrected chi connectivity index (χ1v) is 5.66. The van der Waals surface area contributed by atoms with Crippen LogP contribution in [0.4, 0.5) is 0 Å². The molecule has 1 aromatic heterocycles. The second-order valence-electron chi connectivity index (χ2n) is 4.32. The number of carbonyl (C=O) groups excluding carboxylic acids is 1. The molecular formula is C13H14N2O. The molecule has 1 aliphatic carbocycles. The van der Waals surface area contributed by atoms with Crippen molar-refractivity contribution in [3.05, 3.63) is 35.0 Å². The van der Waals surface area contributed by atoms with Crippen molar-refractivity contribution in [3.8, 4) is 0 Å². The second-order valence-corrected chi connectivity index (χ2v) is 4.32. The van der Waals surface area contributed by atoms with Gasteiger partial charge in [0.2, 0.25) is 0 Å². The summed E-state index contributed by atoms with van der Waals surface area (Å²) in [6, 6.07) is 5.81. The van der Waals surface area contributed by atoms with E-state index in [1.54, 1.807) is 0 Å². The molecule has 0 amide bonds. The van der Waals surface area contributed by atoms with Crippen molar-refractivity contribution in [1.82, 2.24) is 4.98 Å². The third-order valence-electron chi connectivity index (χ3n) is 3.36. The summed E-state index contributed by atoms with van der Waals surface area (Å²) < 4.78 is 0. The van der Waals surface area contributed by atoms with Gasteiger partial charge in [-0.05, 0) is 43.0 Å². The van der Waals surface area contributed by atoms with E-state index in [0.717, 1.165) is 23.9 Å². The number of aryl methyl sites for hydroxylation is 2. The van der Waals surface area contributed by atoms with Gasteiger partial charge in [0.15, 0.2) is 5.78 Å². The van der Waals surface area contributed by atoms with Crippen LogP contribution in [-0.2, 0) is 12.8 Å². The Bertz CT molecular complexity index is 569. The van der Waals surface area contributed by atoms with Crippen LogP contribution in [0.1, 0.15) is 28.0 Å². The fraction of sp³-hybridized carbons (Fsp3) is 0.308. The summed E-state index contributed by atoms with van der Waals surface area (Å²) in [6.07, 6.45) is 3.46. The number of hydrogen-bond donors (Lipinski definition) is 2. The predicted octanol–water partition coefficient (Wildman–Crippen LogP) is 1.80. The van der Waals surface area contributed by atoms with Crippen molar-refractivity contribution in [3.63, 3.8) is 0 Å². The average Bonchev–Trinajstić information content (AvgIpc) is 2.87. The number of Topliss-reactive ketones (excluding diaryl/α,β-unsaturated/α-hetero) is 1. The lowest BCUT2D eigenvalue weighted by Crippen LogP contribution is -2.13. The topological polar surface area (TPSA) is 58.9 Å². The Balaban J connectivity index is 2.20. The fourth-order valence-electron chi connectivity index (χ4n) is 2.54. The van der Waals surface area contributed by atoms with Crippen LogP contribution in [0.5, 0.6) is 0 Å². The third kappa shape index (κ3) is 1.28. The molecule has 0 unspecified atom stereocenters. The number of hydrogen-bond acceptors (Lipinski definition) is 2. The normalized spacial score (nSPS) is 14.3. The van der Waals surface area contributed by atoms with E-state index in [1.165, 1.54) is 23.1 Å². The molecule has 1 aromatic carbocycles. The first-order chi connectivity index (χ1) is 7.79. The van der Waals surface area contributed by atoms with Crippen LogP contribution in [0.15, 0.2) is 18.2 Å². The van der Waals surface area contributed by atoms with Crippen LogP contribution in [0.25, 0.3) is 10.9 Å². The van der Waals surface area contributed by atoms with Crippen LogP contribution >= 0.6 is 0 Å². The van der Waals surface area contributed by atoms with Gasteiger partial charge in [-0.2, -0.15) is 0 Å². The van der Waals surface area contributed by atoms with Crippen molar-refractivity contribution in [2.24, 2.45) is 5.73 Å². The van der Waals surface area contributed by atoms with Gasteiger partial charge in [0.05, 0.1) is 6.54 Å². The van der Waals surface area contributed by atoms with Gasteiger partial charge in [-0.25, -0.2) is 0 Å². The Hall–Kier alpha value is -1.61. The Labute approximate surface area is 93.6 Å². The third-order valence-corrected chi connectivity index (χ3v) is 3.36. The smallest absolute Gasteiger partial charge is 0.176 e. The molecule has 3 heteroatoms. The number of nitrogens with one attached hydrogen (secondary N) is 1. The lowest BCUT2D eigenvalue weighted by molar-refractivity contribution is 0.100. The average molecular weight is 214 g/mol. The van der Waals surface area contributed by atoms with Gasteiger partial charge < -0.3 is 10.7 Å². The molecule has 1 aliphatic rings. The van der Waals surface area contributed by atoms with Crippen molar-refractivity contribution in [2.75, 3.05) is 6.54 Å². The van der Waals surface area contributed by atoms with E-state index in [0.29, 0.717) is 0 Å². The van der Waals surface area contributed by atoms with Crippen molar-refractivity contribution in [1.29, 1.82) is 0 Å². The van der Waals surface area contributed by atoms with Crippen LogP contribution < -0.4 is 5.73 Å². The molecule has 0 saturated carbocycles. The van der Waals surface area contributed by atoms with Crippen LogP contribution in [0.2, 0.25) is 0 Å². The maximum absolute atomic E-state index is 11.5. The quantitative estimate of drug-likeness (QED) is 0.749. The molecule has 0 fully saturated rings. The number of ketones is 1. The van der Waals surface area contributed by atoms with Gasteiger partial charge in [0.1, 0.15) is 0 Å². The van der Waals surface area contributed by atoms with Crippen molar-refractivity contribution < 1.29 is 4.79 Å². The molecular weight excluding hydrogens is 200 g/mol. The van der Waals surface area contributed by atoms with Crippen LogP contribution in [-0.4, -0.2) is 17.3 Å². The van der Waals surface area contributed by atoms with E-state index < -0.39 is 0 Å². The van der Waals surface area contributed by atoms with Gasteiger partial charge >= 0.3 is 0 Å². The van der Waals surface area contributed by atoms with E-state index in [4.69, 9.17) is 5.73 Å². The Morgan fingerprint density at radius 3 is 3.06 bits per heavy atom. The van der Waals surface area contributed by atoms with Gasteiger partial charge in [0.25, 0.3) is 0 Å². The molecule has 0 saturated heterocycles. The number of aromatic amines is 1. The Kier molecular flexibility index (Phi) is 2.07. The molecule has 1 heterocycles. The zero-order chi connectivity index (χ0) is 11.1. The summed E-state index contributed by atoms with van der Waals surface area (Å²) in [5.74, 6) is 0.00912. The lowest BCUT2D eigenvalue weighted by atomic mass is 10.1. The fourth-order valence-corrected chi connectivity index (χ4v) is 2.54. The molecule has 0 atom stereocenters. The summed E-state index contributed by atoms with van der Waals surface area (Å²) in [7, 11) is 0. The predicted molar refractivity (Wildman–Crippen MR) is 63.7 cm³/mol. The van der Waals surface area contributed by atoms with Crippen molar-refractivity contribution >= 4 is 16.7 Å². The molecule has 3 N–H and O–H groups in total. The maximum atomic E-state index is 11.5. The highest BCUT2D eigenvalue weighted by Crippen LogP contribution is 2.30. The summed E-state index contributed by atoms with van der Waals surface area (Å²) in [5.41, 5.74) is 9.97.